The van der Waals surface area contributed by atoms with E-state index >= 15 is 0 Å². The molecule has 1 saturated heterocycles. The van der Waals surface area contributed by atoms with Crippen molar-refractivity contribution in [1.82, 2.24) is 0 Å². The van der Waals surface area contributed by atoms with Crippen molar-refractivity contribution in [2.75, 3.05) is 0 Å². The molecule has 0 aromatic carbocycles. The van der Waals surface area contributed by atoms with Gasteiger partial charge in [-0.15, -0.1) is 0 Å². The maximum Gasteiger partial charge on any atom is 0.331 e. The number of carbonyl (C=O) groups excluding carboxylic acids is 3. The zero-order valence-corrected chi connectivity index (χ0v) is 26.1. The monoisotopic (exact) mass is 600 g/mol. The summed E-state index contributed by atoms with van der Waals surface area (Å²) in [4.78, 5) is 37.3. The van der Waals surface area contributed by atoms with Crippen LogP contribution in [0.3, 0.4) is 0 Å². The van der Waals surface area contributed by atoms with Crippen LogP contribution in [-0.2, 0) is 33.3 Å². The topological polar surface area (TPSA) is 129 Å². The molecule has 1 saturated carbocycles. The van der Waals surface area contributed by atoms with Gasteiger partial charge in [-0.2, -0.15) is 0 Å². The minimum atomic E-state index is -1.32. The normalized spacial score (nSPS) is 34.2. The van der Waals surface area contributed by atoms with E-state index in [4.69, 9.17) is 18.9 Å². The molecule has 238 valence electrons. The van der Waals surface area contributed by atoms with Gasteiger partial charge in [0.05, 0.1) is 17.6 Å². The number of hydrogen-bond acceptors (Lipinski definition) is 9. The van der Waals surface area contributed by atoms with Crippen LogP contribution in [0, 0.1) is 22.7 Å². The maximum absolute atomic E-state index is 12.9. The Morgan fingerprint density at radius 2 is 1.84 bits per heavy atom. The Labute approximate surface area is 255 Å². The lowest BCUT2D eigenvalue weighted by Crippen LogP contribution is -2.63. The number of unbranched alkanes of at least 4 members (excludes halogenated alkanes) is 3. The van der Waals surface area contributed by atoms with E-state index in [1.54, 1.807) is 12.2 Å². The second-order valence-corrected chi connectivity index (χ2v) is 12.3. The van der Waals surface area contributed by atoms with Gasteiger partial charge in [0.15, 0.2) is 0 Å². The number of aliphatic hydroxyl groups is 2. The van der Waals surface area contributed by atoms with Crippen molar-refractivity contribution in [3.05, 3.63) is 60.8 Å². The molecule has 9 nitrogen and oxygen atoms in total. The average Bonchev–Trinajstić information content (AvgIpc) is 3.22. The fourth-order valence-corrected chi connectivity index (χ4v) is 7.10. The summed E-state index contributed by atoms with van der Waals surface area (Å²) in [6, 6.07) is 0. The van der Waals surface area contributed by atoms with Gasteiger partial charge in [0.1, 0.15) is 6.10 Å². The summed E-state index contributed by atoms with van der Waals surface area (Å²) in [5.41, 5.74) is -1.18. The lowest BCUT2D eigenvalue weighted by molar-refractivity contribution is -0.255. The number of carbonyl (C=O) groups is 3. The number of allylic oxidation sites excluding steroid dienone is 3. The van der Waals surface area contributed by atoms with Gasteiger partial charge in [0, 0.05) is 25.5 Å². The maximum atomic E-state index is 12.9. The van der Waals surface area contributed by atoms with E-state index in [0.717, 1.165) is 25.7 Å². The molecule has 2 N–H and O–H groups in total. The van der Waals surface area contributed by atoms with Gasteiger partial charge < -0.3 is 24.4 Å². The van der Waals surface area contributed by atoms with Gasteiger partial charge in [-0.3, -0.25) is 14.3 Å². The SMILES string of the molecule is C=CC(=C)[C@H](O)C[C@]1(C)[C@H](C)C[C@H](O)[C@@]23C(=C[C@H](OC(=O)/C=C\C=C\CCCCC)C[C@@H]12)[C@@H](OC(C)=O)O[C@H]3OC(C)=O. The fraction of sp³-hybridized carbons (Fsp3) is 0.618. The van der Waals surface area contributed by atoms with Crippen LogP contribution in [0.5, 0.6) is 0 Å². The molecule has 9 atom stereocenters. The van der Waals surface area contributed by atoms with Gasteiger partial charge in [0.2, 0.25) is 12.6 Å². The summed E-state index contributed by atoms with van der Waals surface area (Å²) < 4.78 is 23.1. The highest BCUT2D eigenvalue weighted by molar-refractivity contribution is 5.82. The average molecular weight is 601 g/mol. The molecule has 1 heterocycles. The number of hydrogen-bond donors (Lipinski definition) is 2. The van der Waals surface area contributed by atoms with Gasteiger partial charge in [-0.25, -0.2) is 4.79 Å². The van der Waals surface area contributed by atoms with E-state index in [9.17, 15) is 24.6 Å². The predicted molar refractivity (Wildman–Crippen MR) is 161 cm³/mol. The molecule has 0 unspecified atom stereocenters. The number of aliphatic hydroxyl groups excluding tert-OH is 2. The second-order valence-electron chi connectivity index (χ2n) is 12.3. The van der Waals surface area contributed by atoms with E-state index in [1.165, 1.54) is 26.0 Å². The van der Waals surface area contributed by atoms with Crippen molar-refractivity contribution in [1.29, 1.82) is 0 Å². The Morgan fingerprint density at radius 1 is 1.14 bits per heavy atom. The molecule has 0 aromatic heterocycles. The summed E-state index contributed by atoms with van der Waals surface area (Å²) in [5, 5.41) is 22.9. The van der Waals surface area contributed by atoms with E-state index < -0.39 is 65.5 Å². The van der Waals surface area contributed by atoms with Crippen LogP contribution >= 0.6 is 0 Å². The molecule has 2 aliphatic carbocycles. The highest BCUT2D eigenvalue weighted by atomic mass is 16.8. The van der Waals surface area contributed by atoms with Crippen LogP contribution < -0.4 is 0 Å². The molecule has 1 aliphatic heterocycles. The van der Waals surface area contributed by atoms with Gasteiger partial charge in [0.25, 0.3) is 0 Å². The molecule has 9 heteroatoms. The van der Waals surface area contributed by atoms with Crippen molar-refractivity contribution in [2.24, 2.45) is 22.7 Å². The van der Waals surface area contributed by atoms with Gasteiger partial charge in [-0.1, -0.05) is 71.1 Å². The largest absolute Gasteiger partial charge is 0.455 e. The summed E-state index contributed by atoms with van der Waals surface area (Å²) in [6.45, 7) is 16.3. The lowest BCUT2D eigenvalue weighted by atomic mass is 9.44. The summed E-state index contributed by atoms with van der Waals surface area (Å²) >= 11 is 0. The highest BCUT2D eigenvalue weighted by Gasteiger charge is 2.71. The molecule has 2 fully saturated rings. The Hall–Kier alpha value is -3.01. The van der Waals surface area contributed by atoms with Crippen molar-refractivity contribution >= 4 is 17.9 Å². The zero-order chi connectivity index (χ0) is 31.9. The van der Waals surface area contributed by atoms with E-state index in [-0.39, 0.29) is 18.8 Å². The van der Waals surface area contributed by atoms with Crippen molar-refractivity contribution in [2.45, 2.75) is 110 Å². The van der Waals surface area contributed by atoms with E-state index in [1.807, 2.05) is 26.0 Å². The lowest BCUT2D eigenvalue weighted by Gasteiger charge is -2.60. The van der Waals surface area contributed by atoms with E-state index in [2.05, 4.69) is 20.1 Å². The standard InChI is InChI=1S/C34H48O9/c1-8-10-11-12-13-14-15-16-30(39)42-25-18-26-31(40-23(5)35)43-32(41-24(6)36)34(26)28(19-25)33(7,22(4)17-29(34)38)20-27(37)21(3)9-2/h9,13-16,18,22,25,27-29,31-32,37-38H,2-3,8,10-12,17,19-20H2,1,4-7H3/b14-13+,16-15-/t22-,25+,27-,28+,29+,31+,32-,33-,34-/m1/s1. The first-order valence-corrected chi connectivity index (χ1v) is 15.2. The zero-order valence-electron chi connectivity index (χ0n) is 26.1. The molecular weight excluding hydrogens is 552 g/mol. The Kier molecular flexibility index (Phi) is 11.7. The Balaban J connectivity index is 2.06. The quantitative estimate of drug-likeness (QED) is 0.0729. The third-order valence-corrected chi connectivity index (χ3v) is 9.44. The molecule has 0 bridgehead atoms. The van der Waals surface area contributed by atoms with Crippen LogP contribution in [0.25, 0.3) is 0 Å². The summed E-state index contributed by atoms with van der Waals surface area (Å²) in [6.07, 6.45) is 9.75. The minimum absolute atomic E-state index is 0.121. The van der Waals surface area contributed by atoms with Gasteiger partial charge in [-0.05, 0) is 61.0 Å². The first-order valence-electron chi connectivity index (χ1n) is 15.2. The first kappa shape index (κ1) is 34.5. The van der Waals surface area contributed by atoms with Crippen LogP contribution in [-0.4, -0.2) is 59.0 Å². The number of rotatable bonds is 13. The molecule has 3 aliphatic rings. The molecular formula is C34H48O9. The van der Waals surface area contributed by atoms with Crippen LogP contribution in [0.15, 0.2) is 60.8 Å². The smallest absolute Gasteiger partial charge is 0.331 e. The third-order valence-electron chi connectivity index (χ3n) is 9.44. The molecule has 0 aromatic rings. The Morgan fingerprint density at radius 3 is 2.47 bits per heavy atom. The molecule has 0 amide bonds. The molecule has 3 rings (SSSR count). The first-order chi connectivity index (χ1) is 20.3. The highest BCUT2D eigenvalue weighted by Crippen LogP contribution is 2.67. The summed E-state index contributed by atoms with van der Waals surface area (Å²) in [7, 11) is 0. The minimum Gasteiger partial charge on any atom is -0.455 e. The van der Waals surface area contributed by atoms with E-state index in [0.29, 0.717) is 17.6 Å². The molecule has 43 heavy (non-hydrogen) atoms. The van der Waals surface area contributed by atoms with Crippen LogP contribution in [0.4, 0.5) is 0 Å². The number of ether oxygens (including phenoxy) is 4. The van der Waals surface area contributed by atoms with Crippen LogP contribution in [0.2, 0.25) is 0 Å². The predicted octanol–water partition coefficient (Wildman–Crippen LogP) is 5.23. The van der Waals surface area contributed by atoms with Crippen LogP contribution in [0.1, 0.15) is 79.6 Å². The van der Waals surface area contributed by atoms with Crippen molar-refractivity contribution in [3.63, 3.8) is 0 Å². The van der Waals surface area contributed by atoms with Gasteiger partial charge >= 0.3 is 17.9 Å². The summed E-state index contributed by atoms with van der Waals surface area (Å²) in [5.74, 6) is -2.47. The van der Waals surface area contributed by atoms with Crippen molar-refractivity contribution in [3.8, 4) is 0 Å². The molecule has 1 spiro atoms. The molecule has 0 radical (unpaired) electrons. The number of esters is 3. The van der Waals surface area contributed by atoms with Crippen molar-refractivity contribution < 1.29 is 43.5 Å². The Bertz CT molecular complexity index is 1150. The second kappa shape index (κ2) is 14.6. The third kappa shape index (κ3) is 7.39. The fourth-order valence-electron chi connectivity index (χ4n) is 7.10.